The van der Waals surface area contributed by atoms with Crippen molar-refractivity contribution < 1.29 is 32.1 Å². The molecule has 0 aromatic heterocycles. The van der Waals surface area contributed by atoms with Crippen molar-refractivity contribution in [2.45, 2.75) is 11.3 Å². The van der Waals surface area contributed by atoms with E-state index in [1.165, 1.54) is 42.3 Å². The summed E-state index contributed by atoms with van der Waals surface area (Å²) in [6.45, 7) is 0.911. The standard InChI is InChI=1S/C19H15BrF4N2O3S/c20-15-5-14(29-19(22,23)24)3-4-17(15)30-26-8-18(9-26,10-27)11-28-13-2-1-12(7-25)16(21)6-13/h1-6,27H,8-11H2. The Hall–Kier alpha value is -2.00. The number of halogens is 5. The van der Waals surface area contributed by atoms with Crippen molar-refractivity contribution in [2.75, 3.05) is 26.3 Å². The van der Waals surface area contributed by atoms with Gasteiger partial charge in [0.05, 0.1) is 24.2 Å². The highest BCUT2D eigenvalue weighted by Crippen LogP contribution is 2.41. The fourth-order valence-corrected chi connectivity index (χ4v) is 4.61. The molecule has 1 heterocycles. The predicted octanol–water partition coefficient (Wildman–Crippen LogP) is 4.74. The number of aliphatic hydroxyl groups excluding tert-OH is 1. The van der Waals surface area contributed by atoms with E-state index in [4.69, 9.17) is 10.00 Å². The Kier molecular flexibility index (Phi) is 6.81. The molecule has 30 heavy (non-hydrogen) atoms. The highest BCUT2D eigenvalue weighted by atomic mass is 79.9. The summed E-state index contributed by atoms with van der Waals surface area (Å²) in [5.74, 6) is -0.745. The zero-order chi connectivity index (χ0) is 21.9. The second-order valence-electron chi connectivity index (χ2n) is 6.73. The van der Waals surface area contributed by atoms with E-state index < -0.39 is 17.6 Å². The van der Waals surface area contributed by atoms with Gasteiger partial charge in [0.15, 0.2) is 0 Å². The van der Waals surface area contributed by atoms with Crippen LogP contribution in [0.3, 0.4) is 0 Å². The summed E-state index contributed by atoms with van der Waals surface area (Å²) in [7, 11) is 0. The average molecular weight is 507 g/mol. The second-order valence-corrected chi connectivity index (χ2v) is 8.72. The number of alkyl halides is 3. The molecule has 1 aliphatic heterocycles. The van der Waals surface area contributed by atoms with Gasteiger partial charge in [0, 0.05) is 28.5 Å². The zero-order valence-electron chi connectivity index (χ0n) is 15.2. The Balaban J connectivity index is 1.55. The van der Waals surface area contributed by atoms with E-state index >= 15 is 0 Å². The third kappa shape index (κ3) is 5.57. The van der Waals surface area contributed by atoms with E-state index in [2.05, 4.69) is 20.7 Å². The third-order valence-corrected chi connectivity index (χ3v) is 6.32. The van der Waals surface area contributed by atoms with E-state index in [9.17, 15) is 22.7 Å². The summed E-state index contributed by atoms with van der Waals surface area (Å²) in [6.07, 6.45) is -4.76. The molecule has 1 fully saturated rings. The molecule has 11 heteroatoms. The molecule has 0 saturated carbocycles. The average Bonchev–Trinajstić information content (AvgIpc) is 2.64. The highest BCUT2D eigenvalue weighted by Gasteiger charge is 2.44. The summed E-state index contributed by atoms with van der Waals surface area (Å²) in [5.41, 5.74) is -0.633. The Morgan fingerprint density at radius 3 is 2.47 bits per heavy atom. The zero-order valence-corrected chi connectivity index (χ0v) is 17.7. The predicted molar refractivity (Wildman–Crippen MR) is 104 cm³/mol. The van der Waals surface area contributed by atoms with Crippen molar-refractivity contribution in [3.05, 3.63) is 52.3 Å². The van der Waals surface area contributed by atoms with E-state index in [0.717, 1.165) is 6.07 Å². The van der Waals surface area contributed by atoms with Crippen LogP contribution in [0.5, 0.6) is 11.5 Å². The van der Waals surface area contributed by atoms with Gasteiger partial charge in [0.1, 0.15) is 23.4 Å². The Morgan fingerprint density at radius 1 is 1.20 bits per heavy atom. The van der Waals surface area contributed by atoms with Gasteiger partial charge in [-0.2, -0.15) is 5.26 Å². The van der Waals surface area contributed by atoms with Crippen molar-refractivity contribution in [1.82, 2.24) is 4.31 Å². The molecule has 3 rings (SSSR count). The molecular formula is C19H15BrF4N2O3S. The first-order valence-corrected chi connectivity index (χ1v) is 10.1. The van der Waals surface area contributed by atoms with Gasteiger partial charge >= 0.3 is 6.36 Å². The van der Waals surface area contributed by atoms with Crippen molar-refractivity contribution in [3.63, 3.8) is 0 Å². The van der Waals surface area contributed by atoms with Crippen LogP contribution in [0.15, 0.2) is 45.8 Å². The van der Waals surface area contributed by atoms with Crippen molar-refractivity contribution in [1.29, 1.82) is 5.26 Å². The molecule has 2 aromatic rings. The van der Waals surface area contributed by atoms with Crippen LogP contribution in [-0.4, -0.2) is 42.1 Å². The SMILES string of the molecule is N#Cc1ccc(OCC2(CO)CN(Sc3ccc(OC(F)(F)F)cc3Br)C2)cc1F. The van der Waals surface area contributed by atoms with Gasteiger partial charge in [-0.1, -0.05) is 0 Å². The number of benzene rings is 2. The number of ether oxygens (including phenoxy) is 2. The monoisotopic (exact) mass is 506 g/mol. The molecule has 0 aliphatic carbocycles. The molecule has 0 radical (unpaired) electrons. The largest absolute Gasteiger partial charge is 0.573 e. The Labute approximate surface area is 182 Å². The van der Waals surface area contributed by atoms with Crippen molar-refractivity contribution in [3.8, 4) is 17.6 Å². The second kappa shape index (κ2) is 9.01. The molecule has 0 atom stereocenters. The van der Waals surface area contributed by atoms with Gasteiger partial charge in [-0.3, -0.25) is 0 Å². The Bertz CT molecular complexity index is 962. The van der Waals surface area contributed by atoms with Crippen LogP contribution in [0, 0.1) is 22.6 Å². The minimum absolute atomic E-state index is 0.0809. The molecule has 160 valence electrons. The molecule has 1 saturated heterocycles. The molecule has 1 N–H and O–H groups in total. The molecule has 0 bridgehead atoms. The van der Waals surface area contributed by atoms with E-state index in [0.29, 0.717) is 22.5 Å². The normalized spacial score (nSPS) is 15.9. The maximum Gasteiger partial charge on any atom is 0.573 e. The van der Waals surface area contributed by atoms with Gasteiger partial charge in [-0.15, -0.1) is 13.2 Å². The summed E-state index contributed by atoms with van der Waals surface area (Å²) >= 11 is 4.55. The topological polar surface area (TPSA) is 65.7 Å². The third-order valence-electron chi connectivity index (χ3n) is 4.33. The molecule has 0 unspecified atom stereocenters. The first kappa shape index (κ1) is 22.7. The number of nitrogens with zero attached hydrogens (tertiary/aromatic N) is 2. The summed E-state index contributed by atoms with van der Waals surface area (Å²) < 4.78 is 62.4. The molecule has 0 amide bonds. The maximum absolute atomic E-state index is 13.7. The molecule has 5 nitrogen and oxygen atoms in total. The minimum atomic E-state index is -4.76. The first-order chi connectivity index (χ1) is 14.1. The summed E-state index contributed by atoms with van der Waals surface area (Å²) in [4.78, 5) is 0.686. The van der Waals surface area contributed by atoms with E-state index in [-0.39, 0.29) is 30.3 Å². The van der Waals surface area contributed by atoms with Crippen LogP contribution in [-0.2, 0) is 0 Å². The smallest absolute Gasteiger partial charge is 0.493 e. The number of aliphatic hydroxyl groups is 1. The van der Waals surface area contributed by atoms with Gasteiger partial charge in [-0.05, 0) is 58.2 Å². The number of rotatable bonds is 7. The number of hydrogen-bond acceptors (Lipinski definition) is 6. The summed E-state index contributed by atoms with van der Waals surface area (Å²) in [5, 5.41) is 18.5. The van der Waals surface area contributed by atoms with Crippen LogP contribution in [0.25, 0.3) is 0 Å². The van der Waals surface area contributed by atoms with E-state index in [1.807, 2.05) is 4.31 Å². The van der Waals surface area contributed by atoms with Crippen LogP contribution >= 0.6 is 27.9 Å². The lowest BCUT2D eigenvalue weighted by atomic mass is 9.83. The van der Waals surface area contributed by atoms with Crippen LogP contribution in [0.2, 0.25) is 0 Å². The van der Waals surface area contributed by atoms with E-state index in [1.54, 1.807) is 6.07 Å². The van der Waals surface area contributed by atoms with Crippen LogP contribution < -0.4 is 9.47 Å². The molecular weight excluding hydrogens is 492 g/mol. The maximum atomic E-state index is 13.7. The fourth-order valence-electron chi connectivity index (χ4n) is 2.81. The van der Waals surface area contributed by atoms with Gasteiger partial charge < -0.3 is 14.6 Å². The van der Waals surface area contributed by atoms with Gasteiger partial charge in [0.2, 0.25) is 0 Å². The lowest BCUT2D eigenvalue weighted by Crippen LogP contribution is -2.58. The number of nitriles is 1. The van der Waals surface area contributed by atoms with Crippen LogP contribution in [0.4, 0.5) is 17.6 Å². The quantitative estimate of drug-likeness (QED) is 0.432. The first-order valence-electron chi connectivity index (χ1n) is 8.55. The van der Waals surface area contributed by atoms with Crippen LogP contribution in [0.1, 0.15) is 5.56 Å². The summed E-state index contributed by atoms with van der Waals surface area (Å²) in [6, 6.07) is 9.62. The van der Waals surface area contributed by atoms with Crippen molar-refractivity contribution >= 4 is 27.9 Å². The Morgan fingerprint density at radius 2 is 1.90 bits per heavy atom. The molecule has 1 aliphatic rings. The van der Waals surface area contributed by atoms with Crippen molar-refractivity contribution in [2.24, 2.45) is 5.41 Å². The minimum Gasteiger partial charge on any atom is -0.493 e. The van der Waals surface area contributed by atoms with Gasteiger partial charge in [0.25, 0.3) is 0 Å². The molecule has 2 aromatic carbocycles. The molecule has 0 spiro atoms. The highest BCUT2D eigenvalue weighted by molar-refractivity contribution is 9.10. The lowest BCUT2D eigenvalue weighted by Gasteiger charge is -2.47. The van der Waals surface area contributed by atoms with Gasteiger partial charge in [-0.25, -0.2) is 8.70 Å². The number of hydrogen-bond donors (Lipinski definition) is 1. The fraction of sp³-hybridized carbons (Fsp3) is 0.316. The lowest BCUT2D eigenvalue weighted by molar-refractivity contribution is -0.274.